The molecule has 0 saturated heterocycles. The third-order valence-electron chi connectivity index (χ3n) is 2.91. The molecule has 0 atom stereocenters. The van der Waals surface area contributed by atoms with Crippen LogP contribution < -0.4 is 10.6 Å². The van der Waals surface area contributed by atoms with Gasteiger partial charge < -0.3 is 10.6 Å². The standard InChI is InChI=1S/C15H11ClF4N2S/c16-10-4-2-5-11(7-10)22-14(23)21-8-9-3-1-6-12(13(9)17)15(18,19)20/h1-7H,8H2,(H2,21,22,23). The lowest BCUT2D eigenvalue weighted by Gasteiger charge is -2.13. The maximum atomic E-state index is 13.9. The second kappa shape index (κ2) is 7.14. The van der Waals surface area contributed by atoms with Gasteiger partial charge in [-0.3, -0.25) is 0 Å². The topological polar surface area (TPSA) is 24.1 Å². The summed E-state index contributed by atoms with van der Waals surface area (Å²) in [5.41, 5.74) is -0.819. The van der Waals surface area contributed by atoms with Crippen molar-refractivity contribution in [1.82, 2.24) is 5.32 Å². The molecule has 0 aliphatic carbocycles. The van der Waals surface area contributed by atoms with Crippen LogP contribution in [0.15, 0.2) is 42.5 Å². The van der Waals surface area contributed by atoms with Crippen LogP contribution in [-0.2, 0) is 12.7 Å². The lowest BCUT2D eigenvalue weighted by Crippen LogP contribution is -2.28. The van der Waals surface area contributed by atoms with E-state index >= 15 is 0 Å². The van der Waals surface area contributed by atoms with Crippen LogP contribution in [0.1, 0.15) is 11.1 Å². The molecule has 0 unspecified atom stereocenters. The van der Waals surface area contributed by atoms with Gasteiger partial charge >= 0.3 is 6.18 Å². The van der Waals surface area contributed by atoms with Gasteiger partial charge in [0.2, 0.25) is 0 Å². The molecule has 8 heteroatoms. The second-order valence-electron chi connectivity index (χ2n) is 4.59. The SMILES string of the molecule is Fc1c(CNC(=S)Nc2cccc(Cl)c2)cccc1C(F)(F)F. The normalized spacial score (nSPS) is 11.2. The lowest BCUT2D eigenvalue weighted by atomic mass is 10.1. The first kappa shape index (κ1) is 17.5. The molecule has 2 N–H and O–H groups in total. The minimum Gasteiger partial charge on any atom is -0.358 e. The first-order valence-electron chi connectivity index (χ1n) is 6.42. The maximum Gasteiger partial charge on any atom is 0.419 e. The minimum absolute atomic E-state index is 0.130. The summed E-state index contributed by atoms with van der Waals surface area (Å²) in [6.07, 6.45) is -4.74. The fourth-order valence-corrected chi connectivity index (χ4v) is 2.23. The zero-order valence-corrected chi connectivity index (χ0v) is 13.1. The Hall–Kier alpha value is -1.86. The Bertz CT molecular complexity index is 719. The third kappa shape index (κ3) is 4.80. The van der Waals surface area contributed by atoms with Crippen LogP contribution in [0.5, 0.6) is 0 Å². The van der Waals surface area contributed by atoms with E-state index in [4.69, 9.17) is 23.8 Å². The van der Waals surface area contributed by atoms with E-state index in [1.165, 1.54) is 6.07 Å². The predicted molar refractivity (Wildman–Crippen MR) is 85.9 cm³/mol. The van der Waals surface area contributed by atoms with Gasteiger partial charge in [0.25, 0.3) is 0 Å². The maximum absolute atomic E-state index is 13.9. The molecule has 0 aliphatic heterocycles. The number of nitrogens with one attached hydrogen (secondary N) is 2. The molecule has 2 rings (SSSR count). The van der Waals surface area contributed by atoms with E-state index in [1.54, 1.807) is 24.3 Å². The molecule has 0 aromatic heterocycles. The van der Waals surface area contributed by atoms with Crippen molar-refractivity contribution in [1.29, 1.82) is 0 Å². The van der Waals surface area contributed by atoms with Crippen molar-refractivity contribution < 1.29 is 17.6 Å². The van der Waals surface area contributed by atoms with Gasteiger partial charge in [0.05, 0.1) is 5.56 Å². The first-order chi connectivity index (χ1) is 10.8. The molecule has 2 aromatic rings. The van der Waals surface area contributed by atoms with Gasteiger partial charge in [-0.15, -0.1) is 0 Å². The van der Waals surface area contributed by atoms with Gasteiger partial charge in [0, 0.05) is 22.8 Å². The zero-order chi connectivity index (χ0) is 17.0. The van der Waals surface area contributed by atoms with E-state index in [-0.39, 0.29) is 17.2 Å². The zero-order valence-electron chi connectivity index (χ0n) is 11.5. The fraction of sp³-hybridized carbons (Fsp3) is 0.133. The minimum atomic E-state index is -4.74. The summed E-state index contributed by atoms with van der Waals surface area (Å²) in [6.45, 7) is -0.178. The smallest absolute Gasteiger partial charge is 0.358 e. The number of benzene rings is 2. The highest BCUT2D eigenvalue weighted by molar-refractivity contribution is 7.80. The monoisotopic (exact) mass is 362 g/mol. The number of rotatable bonds is 3. The molecule has 122 valence electrons. The molecular weight excluding hydrogens is 352 g/mol. The van der Waals surface area contributed by atoms with Crippen LogP contribution in [0.2, 0.25) is 5.02 Å². The Kier molecular flexibility index (Phi) is 5.43. The number of hydrogen-bond donors (Lipinski definition) is 2. The summed E-state index contributed by atoms with van der Waals surface area (Å²) in [4.78, 5) is 0. The third-order valence-corrected chi connectivity index (χ3v) is 3.39. The van der Waals surface area contributed by atoms with E-state index in [9.17, 15) is 17.6 Å². The van der Waals surface area contributed by atoms with Crippen molar-refractivity contribution in [3.8, 4) is 0 Å². The Morgan fingerprint density at radius 3 is 2.48 bits per heavy atom. The van der Waals surface area contributed by atoms with Gasteiger partial charge in [0.15, 0.2) is 5.11 Å². The van der Waals surface area contributed by atoms with Crippen molar-refractivity contribution in [2.45, 2.75) is 12.7 Å². The molecule has 0 aliphatic rings. The van der Waals surface area contributed by atoms with Gasteiger partial charge in [-0.2, -0.15) is 13.2 Å². The van der Waals surface area contributed by atoms with Gasteiger partial charge in [-0.25, -0.2) is 4.39 Å². The Labute approximate surface area is 140 Å². The highest BCUT2D eigenvalue weighted by Crippen LogP contribution is 2.32. The summed E-state index contributed by atoms with van der Waals surface area (Å²) < 4.78 is 51.8. The Morgan fingerprint density at radius 1 is 1.13 bits per heavy atom. The van der Waals surface area contributed by atoms with E-state index in [0.717, 1.165) is 6.07 Å². The van der Waals surface area contributed by atoms with Crippen molar-refractivity contribution in [3.63, 3.8) is 0 Å². The average molecular weight is 363 g/mol. The van der Waals surface area contributed by atoms with Crippen molar-refractivity contribution in [2.24, 2.45) is 0 Å². The summed E-state index contributed by atoms with van der Waals surface area (Å²) in [6, 6.07) is 9.84. The highest BCUT2D eigenvalue weighted by atomic mass is 35.5. The largest absolute Gasteiger partial charge is 0.419 e. The van der Waals surface area contributed by atoms with Crippen LogP contribution in [0.4, 0.5) is 23.2 Å². The van der Waals surface area contributed by atoms with Crippen LogP contribution in [0, 0.1) is 5.82 Å². The van der Waals surface area contributed by atoms with Gasteiger partial charge in [0.1, 0.15) is 5.82 Å². The summed E-state index contributed by atoms with van der Waals surface area (Å²) in [5, 5.41) is 6.11. The molecule has 2 nitrogen and oxygen atoms in total. The average Bonchev–Trinajstić information content (AvgIpc) is 2.45. The molecule has 2 aromatic carbocycles. The van der Waals surface area contributed by atoms with Crippen LogP contribution >= 0.6 is 23.8 Å². The molecule has 0 fully saturated rings. The van der Waals surface area contributed by atoms with Crippen LogP contribution in [0.3, 0.4) is 0 Å². The number of halogens is 5. The van der Waals surface area contributed by atoms with E-state index in [0.29, 0.717) is 16.8 Å². The molecule has 0 amide bonds. The highest BCUT2D eigenvalue weighted by Gasteiger charge is 2.34. The quantitative estimate of drug-likeness (QED) is 0.594. The summed E-state index contributed by atoms with van der Waals surface area (Å²) in [5.74, 6) is -1.31. The molecule has 0 heterocycles. The van der Waals surface area contributed by atoms with Crippen molar-refractivity contribution in [3.05, 3.63) is 64.4 Å². The Balaban J connectivity index is 2.02. The molecule has 0 saturated carbocycles. The van der Waals surface area contributed by atoms with Crippen molar-refractivity contribution >= 4 is 34.6 Å². The van der Waals surface area contributed by atoms with E-state index < -0.39 is 17.6 Å². The van der Waals surface area contributed by atoms with Crippen LogP contribution in [-0.4, -0.2) is 5.11 Å². The van der Waals surface area contributed by atoms with E-state index in [1.807, 2.05) is 0 Å². The number of anilines is 1. The fourth-order valence-electron chi connectivity index (χ4n) is 1.85. The molecule has 0 bridgehead atoms. The molecule has 0 radical (unpaired) electrons. The summed E-state index contributed by atoms with van der Waals surface area (Å²) in [7, 11) is 0. The van der Waals surface area contributed by atoms with Gasteiger partial charge in [-0.1, -0.05) is 29.8 Å². The van der Waals surface area contributed by atoms with Crippen molar-refractivity contribution in [2.75, 3.05) is 5.32 Å². The molecular formula is C15H11ClF4N2S. The first-order valence-corrected chi connectivity index (χ1v) is 7.21. The Morgan fingerprint density at radius 2 is 1.83 bits per heavy atom. The predicted octanol–water partition coefficient (Wildman–Crippen LogP) is 4.98. The number of hydrogen-bond acceptors (Lipinski definition) is 1. The van der Waals surface area contributed by atoms with Crippen LogP contribution in [0.25, 0.3) is 0 Å². The molecule has 23 heavy (non-hydrogen) atoms. The number of thiocarbonyl (C=S) groups is 1. The molecule has 0 spiro atoms. The number of alkyl halides is 3. The second-order valence-corrected chi connectivity index (χ2v) is 5.44. The van der Waals surface area contributed by atoms with E-state index in [2.05, 4.69) is 10.6 Å². The van der Waals surface area contributed by atoms with Gasteiger partial charge in [-0.05, 0) is 36.5 Å². The lowest BCUT2D eigenvalue weighted by molar-refractivity contribution is -0.140. The summed E-state index contributed by atoms with van der Waals surface area (Å²) >= 11 is 10.8.